The fourth-order valence-corrected chi connectivity index (χ4v) is 2.19. The lowest BCUT2D eigenvalue weighted by molar-refractivity contribution is -0.124. The summed E-state index contributed by atoms with van der Waals surface area (Å²) in [6.07, 6.45) is 2.82. The Morgan fingerprint density at radius 2 is 2.14 bits per heavy atom. The van der Waals surface area contributed by atoms with Gasteiger partial charge < -0.3 is 9.88 Å². The number of carbonyl (C=O) groups is 1. The molecule has 0 radical (unpaired) electrons. The van der Waals surface area contributed by atoms with Gasteiger partial charge in [0.1, 0.15) is 11.0 Å². The third kappa shape index (κ3) is 3.79. The lowest BCUT2D eigenvalue weighted by Gasteiger charge is -2.09. The average molecular weight is 341 g/mol. The Morgan fingerprint density at radius 3 is 2.77 bits per heavy atom. The van der Waals surface area contributed by atoms with E-state index >= 15 is 0 Å². The van der Waals surface area contributed by atoms with Crippen molar-refractivity contribution >= 4 is 40.9 Å². The molecule has 116 valence electrons. The van der Waals surface area contributed by atoms with Crippen molar-refractivity contribution in [2.45, 2.75) is 6.54 Å². The third-order valence-corrected chi connectivity index (χ3v) is 3.79. The molecular weight excluding hydrogens is 327 g/mol. The molecule has 1 aromatic carbocycles. The molecule has 6 nitrogen and oxygen atoms in total. The summed E-state index contributed by atoms with van der Waals surface area (Å²) in [5.41, 5.74) is 3.13. The van der Waals surface area contributed by atoms with Crippen LogP contribution < -0.4 is 10.8 Å². The van der Waals surface area contributed by atoms with Crippen molar-refractivity contribution in [1.29, 1.82) is 0 Å². The number of rotatable bonds is 5. The summed E-state index contributed by atoms with van der Waals surface area (Å²) < 4.78 is 1.69. The largest absolute Gasteiger partial charge is 0.377 e. The Balaban J connectivity index is 2.14. The van der Waals surface area contributed by atoms with E-state index in [2.05, 4.69) is 10.3 Å². The van der Waals surface area contributed by atoms with E-state index < -0.39 is 5.91 Å². The molecule has 0 aliphatic rings. The minimum Gasteiger partial charge on any atom is -0.377 e. The van der Waals surface area contributed by atoms with Crippen LogP contribution in [0.4, 0.5) is 5.69 Å². The smallest absolute Gasteiger partial charge is 0.267 e. The standard InChI is InChI=1S/C14H14Cl2N4O2/c1-20-11(18-13(15)14(20)16)8-17-10-5-3-2-4-9(10)6-7-12(21)19-22/h2-7,17,22H,8H2,1H3,(H,19,21). The molecule has 1 amide bonds. The molecule has 8 heteroatoms. The first kappa shape index (κ1) is 16.4. The quantitative estimate of drug-likeness (QED) is 0.444. The van der Waals surface area contributed by atoms with Crippen LogP contribution in [-0.4, -0.2) is 20.7 Å². The second kappa shape index (κ2) is 7.31. The molecule has 2 rings (SSSR count). The molecule has 0 spiro atoms. The first-order valence-corrected chi connectivity index (χ1v) is 7.10. The highest BCUT2D eigenvalue weighted by atomic mass is 35.5. The van der Waals surface area contributed by atoms with Gasteiger partial charge in [-0.3, -0.25) is 10.0 Å². The SMILES string of the molecule is Cn1c(CNc2ccccc2C=CC(=O)NO)nc(Cl)c1Cl. The minimum atomic E-state index is -0.600. The number of amides is 1. The van der Waals surface area contributed by atoms with Crippen LogP contribution in [-0.2, 0) is 18.4 Å². The molecule has 3 N–H and O–H groups in total. The van der Waals surface area contributed by atoms with Crippen LogP contribution in [0.2, 0.25) is 10.3 Å². The van der Waals surface area contributed by atoms with E-state index in [0.29, 0.717) is 17.5 Å². The predicted octanol–water partition coefficient (Wildman–Crippen LogP) is 2.86. The van der Waals surface area contributed by atoms with Crippen LogP contribution in [0.15, 0.2) is 30.3 Å². The van der Waals surface area contributed by atoms with Crippen molar-refractivity contribution in [3.05, 3.63) is 52.0 Å². The summed E-state index contributed by atoms with van der Waals surface area (Å²) in [5, 5.41) is 12.3. The molecule has 1 aromatic heterocycles. The van der Waals surface area contributed by atoms with Gasteiger partial charge in [0.05, 0.1) is 6.54 Å². The fourth-order valence-electron chi connectivity index (χ4n) is 1.82. The number of hydroxylamine groups is 1. The van der Waals surface area contributed by atoms with E-state index in [1.165, 1.54) is 6.08 Å². The summed E-state index contributed by atoms with van der Waals surface area (Å²) in [6, 6.07) is 7.41. The number of benzene rings is 1. The molecule has 0 saturated heterocycles. The summed E-state index contributed by atoms with van der Waals surface area (Å²) in [6.45, 7) is 0.417. The van der Waals surface area contributed by atoms with Crippen molar-refractivity contribution in [2.75, 3.05) is 5.32 Å². The number of anilines is 1. The molecule has 0 aliphatic heterocycles. The van der Waals surface area contributed by atoms with E-state index in [9.17, 15) is 4.79 Å². The second-order valence-electron chi connectivity index (χ2n) is 4.42. The topological polar surface area (TPSA) is 79.2 Å². The first-order valence-electron chi connectivity index (χ1n) is 6.34. The molecular formula is C14H14Cl2N4O2. The van der Waals surface area contributed by atoms with Crippen molar-refractivity contribution < 1.29 is 10.0 Å². The number of hydrogen-bond donors (Lipinski definition) is 3. The molecule has 0 bridgehead atoms. The Bertz CT molecular complexity index is 713. The number of nitrogens with zero attached hydrogens (tertiary/aromatic N) is 2. The van der Waals surface area contributed by atoms with E-state index in [4.69, 9.17) is 28.4 Å². The van der Waals surface area contributed by atoms with Crippen LogP contribution >= 0.6 is 23.2 Å². The first-order chi connectivity index (χ1) is 10.5. The molecule has 0 atom stereocenters. The monoisotopic (exact) mass is 340 g/mol. The summed E-state index contributed by atoms with van der Waals surface area (Å²) in [4.78, 5) is 15.2. The molecule has 2 aromatic rings. The Morgan fingerprint density at radius 1 is 1.41 bits per heavy atom. The number of carbonyl (C=O) groups excluding carboxylic acids is 1. The van der Waals surface area contributed by atoms with Crippen LogP contribution in [0.25, 0.3) is 6.08 Å². The highest BCUT2D eigenvalue weighted by Crippen LogP contribution is 2.23. The number of halogens is 2. The van der Waals surface area contributed by atoms with Crippen molar-refractivity contribution in [3.63, 3.8) is 0 Å². The van der Waals surface area contributed by atoms with Gasteiger partial charge in [0.2, 0.25) is 0 Å². The minimum absolute atomic E-state index is 0.258. The summed E-state index contributed by atoms with van der Waals surface area (Å²) in [7, 11) is 1.77. The highest BCUT2D eigenvalue weighted by molar-refractivity contribution is 6.40. The number of para-hydroxylation sites is 1. The lowest BCUT2D eigenvalue weighted by atomic mass is 10.1. The van der Waals surface area contributed by atoms with Gasteiger partial charge in [-0.25, -0.2) is 10.5 Å². The van der Waals surface area contributed by atoms with Gasteiger partial charge >= 0.3 is 0 Å². The number of nitrogens with one attached hydrogen (secondary N) is 2. The van der Waals surface area contributed by atoms with Gasteiger partial charge in [0.15, 0.2) is 5.15 Å². The number of imidazole rings is 1. The Hall–Kier alpha value is -2.02. The Labute approximate surface area is 137 Å². The van der Waals surface area contributed by atoms with Gasteiger partial charge in [-0.15, -0.1) is 0 Å². The number of hydrogen-bond acceptors (Lipinski definition) is 4. The van der Waals surface area contributed by atoms with Crippen molar-refractivity contribution in [2.24, 2.45) is 7.05 Å². The van der Waals surface area contributed by atoms with Gasteiger partial charge in [-0.2, -0.15) is 0 Å². The third-order valence-electron chi connectivity index (χ3n) is 3.00. The van der Waals surface area contributed by atoms with E-state index in [-0.39, 0.29) is 5.15 Å². The van der Waals surface area contributed by atoms with Crippen molar-refractivity contribution in [3.8, 4) is 0 Å². The predicted molar refractivity (Wildman–Crippen MR) is 86.0 cm³/mol. The molecule has 22 heavy (non-hydrogen) atoms. The van der Waals surface area contributed by atoms with Crippen LogP contribution in [0, 0.1) is 0 Å². The van der Waals surface area contributed by atoms with Gasteiger partial charge in [-0.05, 0) is 17.7 Å². The maximum atomic E-state index is 11.0. The maximum Gasteiger partial charge on any atom is 0.267 e. The van der Waals surface area contributed by atoms with E-state index in [1.807, 2.05) is 24.3 Å². The van der Waals surface area contributed by atoms with Crippen molar-refractivity contribution in [1.82, 2.24) is 15.0 Å². The zero-order valence-corrected chi connectivity index (χ0v) is 13.2. The van der Waals surface area contributed by atoms with Crippen LogP contribution in [0.1, 0.15) is 11.4 Å². The fraction of sp³-hybridized carbons (Fsp3) is 0.143. The van der Waals surface area contributed by atoms with Crippen LogP contribution in [0.3, 0.4) is 0 Å². The van der Waals surface area contributed by atoms with Gasteiger partial charge in [0, 0.05) is 18.8 Å². The molecule has 0 aliphatic carbocycles. The second-order valence-corrected chi connectivity index (χ2v) is 5.13. The average Bonchev–Trinajstić information content (AvgIpc) is 2.78. The highest BCUT2D eigenvalue weighted by Gasteiger charge is 2.10. The number of aromatic nitrogens is 2. The normalized spacial score (nSPS) is 10.9. The summed E-state index contributed by atoms with van der Waals surface area (Å²) >= 11 is 11.9. The molecule has 0 saturated carbocycles. The summed E-state index contributed by atoms with van der Waals surface area (Å²) in [5.74, 6) is 0.0827. The zero-order chi connectivity index (χ0) is 16.1. The van der Waals surface area contributed by atoms with Crippen LogP contribution in [0.5, 0.6) is 0 Å². The Kier molecular flexibility index (Phi) is 5.43. The lowest BCUT2D eigenvalue weighted by Crippen LogP contribution is -2.14. The molecule has 1 heterocycles. The maximum absolute atomic E-state index is 11.0. The molecule has 0 unspecified atom stereocenters. The molecule has 0 fully saturated rings. The van der Waals surface area contributed by atoms with E-state index in [0.717, 1.165) is 11.3 Å². The van der Waals surface area contributed by atoms with Gasteiger partial charge in [0.25, 0.3) is 5.91 Å². The zero-order valence-electron chi connectivity index (χ0n) is 11.7. The van der Waals surface area contributed by atoms with Gasteiger partial charge in [-0.1, -0.05) is 41.4 Å². The van der Waals surface area contributed by atoms with E-state index in [1.54, 1.807) is 23.2 Å².